The maximum atomic E-state index is 6.06. The molecule has 0 saturated carbocycles. The van der Waals surface area contributed by atoms with Gasteiger partial charge in [0.05, 0.1) is 11.1 Å². The standard InChI is InChI=1S/C15H14BrN3S2/c1-2-10-7-12-14(17)18-13(19-15(12)21-10)8-20-11-5-3-4-9(16)6-11/h3-7H,2,8H2,1H3,(H2,17,18,19). The van der Waals surface area contributed by atoms with Gasteiger partial charge in [-0.05, 0) is 30.7 Å². The molecule has 0 aliphatic rings. The minimum absolute atomic E-state index is 0.584. The van der Waals surface area contributed by atoms with Crippen LogP contribution in [0.3, 0.4) is 0 Å². The molecule has 0 bridgehead atoms. The summed E-state index contributed by atoms with van der Waals surface area (Å²) in [5.74, 6) is 2.09. The first-order chi connectivity index (χ1) is 10.2. The molecule has 0 fully saturated rings. The second kappa shape index (κ2) is 6.34. The van der Waals surface area contributed by atoms with Crippen LogP contribution in [0.25, 0.3) is 10.2 Å². The summed E-state index contributed by atoms with van der Waals surface area (Å²) in [6, 6.07) is 10.3. The number of halogens is 1. The number of nitrogens with two attached hydrogens (primary N) is 1. The highest BCUT2D eigenvalue weighted by molar-refractivity contribution is 9.10. The lowest BCUT2D eigenvalue weighted by atomic mass is 10.3. The highest BCUT2D eigenvalue weighted by Crippen LogP contribution is 2.30. The molecule has 0 atom stereocenters. The molecule has 2 N–H and O–H groups in total. The van der Waals surface area contributed by atoms with Gasteiger partial charge in [0, 0.05) is 14.2 Å². The molecule has 6 heteroatoms. The van der Waals surface area contributed by atoms with Crippen LogP contribution < -0.4 is 5.73 Å². The fourth-order valence-electron chi connectivity index (χ4n) is 1.98. The van der Waals surface area contributed by atoms with E-state index < -0.39 is 0 Å². The van der Waals surface area contributed by atoms with Crippen molar-refractivity contribution in [2.24, 2.45) is 0 Å². The largest absolute Gasteiger partial charge is 0.383 e. The summed E-state index contributed by atoms with van der Waals surface area (Å²) in [5, 5.41) is 0.980. The molecule has 1 aromatic carbocycles. The van der Waals surface area contributed by atoms with Gasteiger partial charge in [-0.15, -0.1) is 23.1 Å². The quantitative estimate of drug-likeness (QED) is 0.655. The maximum absolute atomic E-state index is 6.06. The molecule has 3 aromatic rings. The summed E-state index contributed by atoms with van der Waals surface area (Å²) in [7, 11) is 0. The van der Waals surface area contributed by atoms with Crippen molar-refractivity contribution < 1.29 is 0 Å². The number of benzene rings is 1. The van der Waals surface area contributed by atoms with Crippen molar-refractivity contribution in [1.82, 2.24) is 9.97 Å². The van der Waals surface area contributed by atoms with Gasteiger partial charge in [-0.1, -0.05) is 28.9 Å². The smallest absolute Gasteiger partial charge is 0.142 e. The number of thiophene rings is 1. The van der Waals surface area contributed by atoms with Crippen molar-refractivity contribution in [1.29, 1.82) is 0 Å². The molecular weight excluding hydrogens is 366 g/mol. The molecule has 0 amide bonds. The molecule has 0 unspecified atom stereocenters. The van der Waals surface area contributed by atoms with Gasteiger partial charge in [0.15, 0.2) is 0 Å². The Bertz CT molecular complexity index is 786. The second-order valence-electron chi connectivity index (χ2n) is 4.56. The summed E-state index contributed by atoms with van der Waals surface area (Å²) in [6.45, 7) is 2.14. The molecule has 0 aliphatic heterocycles. The highest BCUT2D eigenvalue weighted by atomic mass is 79.9. The Labute approximate surface area is 140 Å². The van der Waals surface area contributed by atoms with E-state index in [1.807, 2.05) is 12.1 Å². The Balaban J connectivity index is 1.84. The lowest BCUT2D eigenvalue weighted by Crippen LogP contribution is -1.98. The van der Waals surface area contributed by atoms with E-state index in [2.05, 4.69) is 51.0 Å². The van der Waals surface area contributed by atoms with E-state index in [9.17, 15) is 0 Å². The van der Waals surface area contributed by atoms with Crippen LogP contribution in [0.1, 0.15) is 17.6 Å². The third kappa shape index (κ3) is 3.39. The van der Waals surface area contributed by atoms with Gasteiger partial charge in [-0.25, -0.2) is 9.97 Å². The molecule has 0 aliphatic carbocycles. The van der Waals surface area contributed by atoms with E-state index in [1.165, 1.54) is 9.77 Å². The molecule has 0 saturated heterocycles. The summed E-state index contributed by atoms with van der Waals surface area (Å²) in [6.07, 6.45) is 1.00. The van der Waals surface area contributed by atoms with Crippen molar-refractivity contribution in [3.8, 4) is 0 Å². The molecule has 21 heavy (non-hydrogen) atoms. The van der Waals surface area contributed by atoms with E-state index in [1.54, 1.807) is 23.1 Å². The van der Waals surface area contributed by atoms with Crippen molar-refractivity contribution in [2.45, 2.75) is 24.0 Å². The van der Waals surface area contributed by atoms with E-state index >= 15 is 0 Å². The van der Waals surface area contributed by atoms with E-state index in [4.69, 9.17) is 5.73 Å². The third-order valence-electron chi connectivity index (χ3n) is 3.03. The van der Waals surface area contributed by atoms with Crippen LogP contribution in [0.4, 0.5) is 5.82 Å². The number of fused-ring (bicyclic) bond motifs is 1. The number of hydrogen-bond donors (Lipinski definition) is 1. The van der Waals surface area contributed by atoms with Gasteiger partial charge < -0.3 is 5.73 Å². The molecular formula is C15H14BrN3S2. The zero-order valence-electron chi connectivity index (χ0n) is 11.5. The number of aryl methyl sites for hydroxylation is 1. The first kappa shape index (κ1) is 14.8. The highest BCUT2D eigenvalue weighted by Gasteiger charge is 2.09. The number of aromatic nitrogens is 2. The Hall–Kier alpha value is -1.11. The molecule has 2 aromatic heterocycles. The molecule has 3 rings (SSSR count). The minimum atomic E-state index is 0.584. The van der Waals surface area contributed by atoms with Crippen molar-refractivity contribution in [3.05, 3.63) is 45.5 Å². The zero-order valence-corrected chi connectivity index (χ0v) is 14.7. The van der Waals surface area contributed by atoms with Gasteiger partial charge in [0.2, 0.25) is 0 Å². The molecule has 0 spiro atoms. The van der Waals surface area contributed by atoms with Crippen molar-refractivity contribution in [2.75, 3.05) is 5.73 Å². The van der Waals surface area contributed by atoms with Crippen LogP contribution in [-0.2, 0) is 12.2 Å². The van der Waals surface area contributed by atoms with E-state index in [-0.39, 0.29) is 0 Å². The summed E-state index contributed by atoms with van der Waals surface area (Å²) in [4.78, 5) is 12.5. The second-order valence-corrected chi connectivity index (χ2v) is 7.64. The van der Waals surface area contributed by atoms with Crippen LogP contribution in [0.2, 0.25) is 0 Å². The Kier molecular flexibility index (Phi) is 4.47. The van der Waals surface area contributed by atoms with Gasteiger partial charge in [-0.3, -0.25) is 0 Å². The number of anilines is 1. The predicted molar refractivity (Wildman–Crippen MR) is 94.9 cm³/mol. The first-order valence-corrected chi connectivity index (χ1v) is 9.18. The SMILES string of the molecule is CCc1cc2c(N)nc(CSc3cccc(Br)c3)nc2s1. The lowest BCUT2D eigenvalue weighted by Gasteiger charge is -2.03. The predicted octanol–water partition coefficient (Wildman–Crippen LogP) is 4.89. The number of hydrogen-bond acceptors (Lipinski definition) is 5. The van der Waals surface area contributed by atoms with Gasteiger partial charge in [0.1, 0.15) is 16.5 Å². The maximum Gasteiger partial charge on any atom is 0.142 e. The minimum Gasteiger partial charge on any atom is -0.383 e. The van der Waals surface area contributed by atoms with Gasteiger partial charge in [0.25, 0.3) is 0 Å². The number of nitrogen functional groups attached to an aromatic ring is 1. The molecule has 2 heterocycles. The van der Waals surface area contributed by atoms with Crippen LogP contribution in [0, 0.1) is 0 Å². The van der Waals surface area contributed by atoms with Gasteiger partial charge >= 0.3 is 0 Å². The summed E-state index contributed by atoms with van der Waals surface area (Å²) < 4.78 is 1.08. The molecule has 0 radical (unpaired) electrons. The Morgan fingerprint density at radius 2 is 2.14 bits per heavy atom. The van der Waals surface area contributed by atoms with Crippen molar-refractivity contribution >= 4 is 55.1 Å². The number of rotatable bonds is 4. The number of nitrogens with zero attached hydrogens (tertiary/aromatic N) is 2. The average Bonchev–Trinajstić information content (AvgIpc) is 2.89. The van der Waals surface area contributed by atoms with E-state index in [0.29, 0.717) is 5.82 Å². The van der Waals surface area contributed by atoms with E-state index in [0.717, 1.165) is 32.7 Å². The third-order valence-corrected chi connectivity index (χ3v) is 5.69. The van der Waals surface area contributed by atoms with Gasteiger partial charge in [-0.2, -0.15) is 0 Å². The summed E-state index contributed by atoms with van der Waals surface area (Å²) in [5.41, 5.74) is 6.06. The van der Waals surface area contributed by atoms with Crippen LogP contribution in [0.5, 0.6) is 0 Å². The lowest BCUT2D eigenvalue weighted by molar-refractivity contribution is 1.08. The fourth-order valence-corrected chi connectivity index (χ4v) is 4.34. The normalized spacial score (nSPS) is 11.1. The van der Waals surface area contributed by atoms with Crippen LogP contribution in [-0.4, -0.2) is 9.97 Å². The van der Waals surface area contributed by atoms with Crippen LogP contribution >= 0.6 is 39.0 Å². The average molecular weight is 380 g/mol. The Morgan fingerprint density at radius 3 is 2.90 bits per heavy atom. The topological polar surface area (TPSA) is 51.8 Å². The van der Waals surface area contributed by atoms with Crippen molar-refractivity contribution in [3.63, 3.8) is 0 Å². The van der Waals surface area contributed by atoms with Crippen LogP contribution in [0.15, 0.2) is 39.7 Å². The fraction of sp³-hybridized carbons (Fsp3) is 0.200. The first-order valence-electron chi connectivity index (χ1n) is 6.59. The zero-order chi connectivity index (χ0) is 14.8. The monoisotopic (exact) mass is 379 g/mol. The number of thioether (sulfide) groups is 1. The Morgan fingerprint density at radius 1 is 1.29 bits per heavy atom. The molecule has 108 valence electrons. The summed E-state index contributed by atoms with van der Waals surface area (Å²) >= 11 is 6.89. The molecule has 3 nitrogen and oxygen atoms in total.